The minimum atomic E-state index is -3.75. The molecule has 0 spiro atoms. The number of carbonyl (C=O) groups excluding carboxylic acids is 1. The van der Waals surface area contributed by atoms with Gasteiger partial charge >= 0.3 is 0 Å². The first-order valence-corrected chi connectivity index (χ1v) is 10.8. The SMILES string of the molecule is CN1CCCC1=NS(=O)(=O)c1ccc(NC(=O)CCc2cccc(Cl)c2)cc1. The molecule has 1 aliphatic rings. The molecule has 8 heteroatoms. The van der Waals surface area contributed by atoms with E-state index in [1.165, 1.54) is 12.1 Å². The Morgan fingerprint density at radius 3 is 2.61 bits per heavy atom. The quantitative estimate of drug-likeness (QED) is 0.773. The fraction of sp³-hybridized carbons (Fsp3) is 0.300. The van der Waals surface area contributed by atoms with Crippen molar-refractivity contribution in [2.24, 2.45) is 4.40 Å². The number of nitrogens with one attached hydrogen (secondary N) is 1. The maximum Gasteiger partial charge on any atom is 0.283 e. The number of amides is 1. The van der Waals surface area contributed by atoms with E-state index in [2.05, 4.69) is 9.71 Å². The van der Waals surface area contributed by atoms with Gasteiger partial charge in [-0.15, -0.1) is 4.40 Å². The number of amidine groups is 1. The van der Waals surface area contributed by atoms with Gasteiger partial charge in [0, 0.05) is 37.1 Å². The van der Waals surface area contributed by atoms with E-state index in [0.29, 0.717) is 35.8 Å². The summed E-state index contributed by atoms with van der Waals surface area (Å²) in [5.74, 6) is 0.432. The Morgan fingerprint density at radius 1 is 1.21 bits per heavy atom. The Kier molecular flexibility index (Phi) is 6.36. The van der Waals surface area contributed by atoms with Gasteiger partial charge in [-0.3, -0.25) is 4.79 Å². The van der Waals surface area contributed by atoms with Crippen molar-refractivity contribution in [3.05, 3.63) is 59.1 Å². The molecule has 0 aromatic heterocycles. The molecule has 28 heavy (non-hydrogen) atoms. The van der Waals surface area contributed by atoms with Crippen LogP contribution in [0.3, 0.4) is 0 Å². The smallest absolute Gasteiger partial charge is 0.283 e. The van der Waals surface area contributed by atoms with Gasteiger partial charge in [-0.2, -0.15) is 8.42 Å². The van der Waals surface area contributed by atoms with Gasteiger partial charge in [0.15, 0.2) is 0 Å². The summed E-state index contributed by atoms with van der Waals surface area (Å²) in [7, 11) is -1.91. The summed E-state index contributed by atoms with van der Waals surface area (Å²) in [5.41, 5.74) is 1.53. The summed E-state index contributed by atoms with van der Waals surface area (Å²) in [6, 6.07) is 13.4. The van der Waals surface area contributed by atoms with E-state index < -0.39 is 10.0 Å². The number of hydrogen-bond acceptors (Lipinski definition) is 3. The lowest BCUT2D eigenvalue weighted by molar-refractivity contribution is -0.116. The highest BCUT2D eigenvalue weighted by atomic mass is 35.5. The summed E-state index contributed by atoms with van der Waals surface area (Å²) in [5, 5.41) is 3.42. The van der Waals surface area contributed by atoms with Crippen molar-refractivity contribution in [2.75, 3.05) is 18.9 Å². The van der Waals surface area contributed by atoms with Gasteiger partial charge in [-0.1, -0.05) is 23.7 Å². The number of benzene rings is 2. The minimum Gasteiger partial charge on any atom is -0.362 e. The highest BCUT2D eigenvalue weighted by Crippen LogP contribution is 2.19. The molecule has 1 saturated heterocycles. The molecular formula is C20H22ClN3O3S. The Hall–Kier alpha value is -2.38. The van der Waals surface area contributed by atoms with Crippen LogP contribution < -0.4 is 5.32 Å². The topological polar surface area (TPSA) is 78.8 Å². The summed E-state index contributed by atoms with van der Waals surface area (Å²) < 4.78 is 28.8. The van der Waals surface area contributed by atoms with Crippen LogP contribution in [0, 0.1) is 0 Å². The van der Waals surface area contributed by atoms with Crippen LogP contribution in [-0.4, -0.2) is 38.7 Å². The van der Waals surface area contributed by atoms with Crippen LogP contribution in [0.4, 0.5) is 5.69 Å². The second kappa shape index (κ2) is 8.75. The van der Waals surface area contributed by atoms with E-state index >= 15 is 0 Å². The van der Waals surface area contributed by atoms with Crippen LogP contribution in [0.15, 0.2) is 57.8 Å². The van der Waals surface area contributed by atoms with E-state index in [1.807, 2.05) is 30.1 Å². The number of carbonyl (C=O) groups is 1. The Labute approximate surface area is 170 Å². The van der Waals surface area contributed by atoms with Crippen LogP contribution in [0.25, 0.3) is 0 Å². The molecule has 1 N–H and O–H groups in total. The first-order valence-electron chi connectivity index (χ1n) is 9.03. The molecule has 0 bridgehead atoms. The average Bonchev–Trinajstić information content (AvgIpc) is 3.04. The normalized spacial score (nSPS) is 15.8. The van der Waals surface area contributed by atoms with Crippen molar-refractivity contribution in [1.82, 2.24) is 4.90 Å². The van der Waals surface area contributed by atoms with Gasteiger partial charge < -0.3 is 10.2 Å². The van der Waals surface area contributed by atoms with Gasteiger partial charge in [0.25, 0.3) is 10.0 Å². The molecule has 0 saturated carbocycles. The summed E-state index contributed by atoms with van der Waals surface area (Å²) in [6.07, 6.45) is 2.45. The van der Waals surface area contributed by atoms with E-state index in [0.717, 1.165) is 18.5 Å². The molecule has 2 aromatic rings. The fourth-order valence-corrected chi connectivity index (χ4v) is 4.29. The predicted molar refractivity (Wildman–Crippen MR) is 111 cm³/mol. The molecule has 1 heterocycles. The lowest BCUT2D eigenvalue weighted by Gasteiger charge is -2.11. The molecule has 2 aromatic carbocycles. The third-order valence-electron chi connectivity index (χ3n) is 4.53. The van der Waals surface area contributed by atoms with Crippen LogP contribution in [0.5, 0.6) is 0 Å². The monoisotopic (exact) mass is 419 g/mol. The van der Waals surface area contributed by atoms with E-state index in [1.54, 1.807) is 18.2 Å². The first kappa shape index (κ1) is 20.4. The van der Waals surface area contributed by atoms with Crippen molar-refractivity contribution in [3.63, 3.8) is 0 Å². The standard InChI is InChI=1S/C20H22ClN3O3S/c1-24-13-3-6-19(24)23-28(26,27)18-10-8-17(9-11-18)22-20(25)12-7-15-4-2-5-16(21)14-15/h2,4-5,8-11,14H,3,6-7,12-13H2,1H3,(H,22,25). The molecular weight excluding hydrogens is 398 g/mol. The zero-order chi connectivity index (χ0) is 20.1. The number of nitrogens with zero attached hydrogens (tertiary/aromatic N) is 2. The lowest BCUT2D eigenvalue weighted by atomic mass is 10.1. The van der Waals surface area contributed by atoms with Crippen LogP contribution >= 0.6 is 11.6 Å². The number of aryl methyl sites for hydroxylation is 1. The zero-order valence-electron chi connectivity index (χ0n) is 15.6. The fourth-order valence-electron chi connectivity index (χ4n) is 2.99. The third-order valence-corrected chi connectivity index (χ3v) is 6.08. The number of hydrogen-bond donors (Lipinski definition) is 1. The van der Waals surface area contributed by atoms with Crippen molar-refractivity contribution in [3.8, 4) is 0 Å². The molecule has 0 radical (unpaired) electrons. The van der Waals surface area contributed by atoms with Crippen LogP contribution in [0.2, 0.25) is 5.02 Å². The summed E-state index contributed by atoms with van der Waals surface area (Å²) in [4.78, 5) is 14.1. The highest BCUT2D eigenvalue weighted by Gasteiger charge is 2.20. The summed E-state index contributed by atoms with van der Waals surface area (Å²) >= 11 is 5.94. The number of halogens is 1. The van der Waals surface area contributed by atoms with Crippen molar-refractivity contribution in [1.29, 1.82) is 0 Å². The number of anilines is 1. The third kappa shape index (κ3) is 5.33. The Morgan fingerprint density at radius 2 is 1.96 bits per heavy atom. The molecule has 1 fully saturated rings. The molecule has 0 unspecified atom stereocenters. The zero-order valence-corrected chi connectivity index (χ0v) is 17.1. The molecule has 3 rings (SSSR count). The second-order valence-electron chi connectivity index (χ2n) is 6.71. The highest BCUT2D eigenvalue weighted by molar-refractivity contribution is 7.90. The van der Waals surface area contributed by atoms with Crippen molar-refractivity contribution < 1.29 is 13.2 Å². The van der Waals surface area contributed by atoms with Gasteiger partial charge in [0.05, 0.1) is 4.90 Å². The van der Waals surface area contributed by atoms with Gasteiger partial charge in [-0.05, 0) is 54.8 Å². The van der Waals surface area contributed by atoms with Gasteiger partial charge in [0.1, 0.15) is 5.84 Å². The summed E-state index contributed by atoms with van der Waals surface area (Å²) in [6.45, 7) is 0.814. The molecule has 1 aliphatic heterocycles. The van der Waals surface area contributed by atoms with E-state index in [4.69, 9.17) is 11.6 Å². The molecule has 1 amide bonds. The maximum atomic E-state index is 12.4. The van der Waals surface area contributed by atoms with Crippen LogP contribution in [0.1, 0.15) is 24.8 Å². The second-order valence-corrected chi connectivity index (χ2v) is 8.75. The van der Waals surface area contributed by atoms with Gasteiger partial charge in [-0.25, -0.2) is 0 Å². The predicted octanol–water partition coefficient (Wildman–Crippen LogP) is 3.72. The average molecular weight is 420 g/mol. The molecule has 0 aliphatic carbocycles. The van der Waals surface area contributed by atoms with Crippen LogP contribution in [-0.2, 0) is 21.2 Å². The largest absolute Gasteiger partial charge is 0.362 e. The first-order chi connectivity index (χ1) is 13.3. The van der Waals surface area contributed by atoms with Crippen molar-refractivity contribution in [2.45, 2.75) is 30.6 Å². The minimum absolute atomic E-state index is 0.109. The van der Waals surface area contributed by atoms with E-state index in [9.17, 15) is 13.2 Å². The Balaban J connectivity index is 1.60. The van der Waals surface area contributed by atoms with Gasteiger partial charge in [0.2, 0.25) is 5.91 Å². The van der Waals surface area contributed by atoms with E-state index in [-0.39, 0.29) is 10.8 Å². The number of likely N-dealkylation sites (tertiary alicyclic amines) is 1. The lowest BCUT2D eigenvalue weighted by Crippen LogP contribution is -2.20. The molecule has 148 valence electrons. The Bertz CT molecular complexity index is 988. The molecule has 0 atom stereocenters. The molecule has 6 nitrogen and oxygen atoms in total. The number of sulfonamides is 1. The van der Waals surface area contributed by atoms with Crippen molar-refractivity contribution >= 4 is 39.1 Å². The maximum absolute atomic E-state index is 12.4. The number of rotatable bonds is 6.